The van der Waals surface area contributed by atoms with Crippen LogP contribution in [0.15, 0.2) is 24.3 Å². The Morgan fingerprint density at radius 2 is 2.18 bits per heavy atom. The highest BCUT2D eigenvalue weighted by atomic mass is 79.9. The molecule has 0 saturated carbocycles. The van der Waals surface area contributed by atoms with Gasteiger partial charge in [-0.25, -0.2) is 0 Å². The molecular weight excluding hydrogens is 286 g/mol. The topological polar surface area (TPSA) is 49.8 Å². The summed E-state index contributed by atoms with van der Waals surface area (Å²) in [5.74, 6) is 0.420. The average Bonchev–Trinajstić information content (AvgIpc) is 2.36. The van der Waals surface area contributed by atoms with Crippen molar-refractivity contribution >= 4 is 21.8 Å². The number of hydrogen-bond acceptors (Lipinski definition) is 3. The third kappa shape index (κ3) is 3.71. The first-order valence-electron chi connectivity index (χ1n) is 5.42. The van der Waals surface area contributed by atoms with E-state index in [-0.39, 0.29) is 12.5 Å². The predicted octanol–water partition coefficient (Wildman–Crippen LogP) is 1.87. The van der Waals surface area contributed by atoms with Gasteiger partial charge >= 0.3 is 0 Å². The highest BCUT2D eigenvalue weighted by Crippen LogP contribution is 2.20. The molecule has 0 heterocycles. The van der Waals surface area contributed by atoms with Gasteiger partial charge in [-0.1, -0.05) is 12.1 Å². The van der Waals surface area contributed by atoms with Crippen molar-refractivity contribution in [1.82, 2.24) is 4.90 Å². The van der Waals surface area contributed by atoms with Crippen LogP contribution >= 0.6 is 15.9 Å². The lowest BCUT2D eigenvalue weighted by Crippen LogP contribution is -2.33. The second-order valence-corrected chi connectivity index (χ2v) is 3.82. The molecule has 0 radical (unpaired) electrons. The molecule has 0 atom stereocenters. The number of alkyl halides is 1. The summed E-state index contributed by atoms with van der Waals surface area (Å²) < 4.78 is 5.34. The number of carbonyl (C=O) groups is 1. The Kier molecular flexibility index (Phi) is 6.00. The number of amides is 1. The lowest BCUT2D eigenvalue weighted by molar-refractivity contribution is 0.0728. The maximum atomic E-state index is 12.2. The SMILES string of the molecule is CCN(CCO)C(=O)c1ccccc1OCBr. The number of carbonyl (C=O) groups excluding carboxylic acids is 1. The number of hydrogen-bond donors (Lipinski definition) is 1. The van der Waals surface area contributed by atoms with Crippen molar-refractivity contribution in [2.45, 2.75) is 6.92 Å². The molecule has 0 bridgehead atoms. The quantitative estimate of drug-likeness (QED) is 0.816. The van der Waals surface area contributed by atoms with Crippen molar-refractivity contribution < 1.29 is 14.6 Å². The molecule has 0 saturated heterocycles. The van der Waals surface area contributed by atoms with Crippen LogP contribution in [0.25, 0.3) is 0 Å². The number of aliphatic hydroxyl groups is 1. The second kappa shape index (κ2) is 7.29. The van der Waals surface area contributed by atoms with Gasteiger partial charge in [0.25, 0.3) is 5.91 Å². The van der Waals surface area contributed by atoms with E-state index in [1.807, 2.05) is 13.0 Å². The van der Waals surface area contributed by atoms with E-state index in [1.165, 1.54) is 0 Å². The molecule has 0 unspecified atom stereocenters. The van der Waals surface area contributed by atoms with Crippen LogP contribution in [0.4, 0.5) is 0 Å². The molecule has 4 nitrogen and oxygen atoms in total. The van der Waals surface area contributed by atoms with Crippen LogP contribution < -0.4 is 4.74 Å². The van der Waals surface area contributed by atoms with Gasteiger partial charge < -0.3 is 14.7 Å². The van der Waals surface area contributed by atoms with Crippen LogP contribution in [0.3, 0.4) is 0 Å². The van der Waals surface area contributed by atoms with Crippen LogP contribution in [-0.4, -0.2) is 41.1 Å². The van der Waals surface area contributed by atoms with Crippen molar-refractivity contribution in [3.05, 3.63) is 29.8 Å². The molecule has 1 aromatic rings. The maximum absolute atomic E-state index is 12.2. The third-order valence-corrected chi connectivity index (χ3v) is 2.60. The molecule has 0 aliphatic heterocycles. The van der Waals surface area contributed by atoms with Crippen LogP contribution in [0.2, 0.25) is 0 Å². The molecule has 0 aliphatic carbocycles. The van der Waals surface area contributed by atoms with Crippen LogP contribution in [0.1, 0.15) is 17.3 Å². The van der Waals surface area contributed by atoms with Crippen molar-refractivity contribution in [1.29, 1.82) is 0 Å². The summed E-state index contributed by atoms with van der Waals surface area (Å²) >= 11 is 3.17. The summed E-state index contributed by atoms with van der Waals surface area (Å²) in [5, 5.41) is 8.90. The van der Waals surface area contributed by atoms with Gasteiger partial charge in [0.05, 0.1) is 12.2 Å². The lowest BCUT2D eigenvalue weighted by Gasteiger charge is -2.20. The van der Waals surface area contributed by atoms with Gasteiger partial charge in [0, 0.05) is 13.1 Å². The number of nitrogens with zero attached hydrogens (tertiary/aromatic N) is 1. The molecule has 0 spiro atoms. The summed E-state index contributed by atoms with van der Waals surface area (Å²) in [6, 6.07) is 7.08. The van der Waals surface area contributed by atoms with E-state index in [4.69, 9.17) is 9.84 Å². The predicted molar refractivity (Wildman–Crippen MR) is 69.5 cm³/mol. The summed E-state index contributed by atoms with van der Waals surface area (Å²) in [5.41, 5.74) is 0.853. The normalized spacial score (nSPS) is 10.1. The molecule has 1 N–H and O–H groups in total. The highest BCUT2D eigenvalue weighted by Gasteiger charge is 2.17. The lowest BCUT2D eigenvalue weighted by atomic mass is 10.1. The summed E-state index contributed by atoms with van der Waals surface area (Å²) in [6.45, 7) is 2.72. The Morgan fingerprint density at radius 1 is 1.47 bits per heavy atom. The molecule has 1 rings (SSSR count). The first-order valence-corrected chi connectivity index (χ1v) is 6.54. The van der Waals surface area contributed by atoms with Gasteiger partial charge in [-0.05, 0) is 35.0 Å². The molecule has 1 amide bonds. The van der Waals surface area contributed by atoms with Gasteiger partial charge in [0.2, 0.25) is 0 Å². The smallest absolute Gasteiger partial charge is 0.257 e. The van der Waals surface area contributed by atoms with Gasteiger partial charge in [0.1, 0.15) is 11.3 Å². The molecule has 0 fully saturated rings. The molecule has 5 heteroatoms. The minimum Gasteiger partial charge on any atom is -0.482 e. The van der Waals surface area contributed by atoms with Crippen LogP contribution in [0, 0.1) is 0 Å². The maximum Gasteiger partial charge on any atom is 0.257 e. The molecule has 94 valence electrons. The van der Waals surface area contributed by atoms with Crippen LogP contribution in [0.5, 0.6) is 5.75 Å². The van der Waals surface area contributed by atoms with E-state index >= 15 is 0 Å². The number of para-hydroxylation sites is 1. The summed E-state index contributed by atoms with van der Waals surface area (Å²) in [6.07, 6.45) is 0. The van der Waals surface area contributed by atoms with Crippen molar-refractivity contribution in [2.75, 3.05) is 25.2 Å². The Balaban J connectivity index is 2.93. The minimum absolute atomic E-state index is 0.0406. The Bertz CT molecular complexity index is 371. The third-order valence-electron chi connectivity index (χ3n) is 2.37. The number of halogens is 1. The van der Waals surface area contributed by atoms with Gasteiger partial charge in [-0.15, -0.1) is 0 Å². The molecule has 17 heavy (non-hydrogen) atoms. The number of benzene rings is 1. The Labute approximate surface area is 109 Å². The fraction of sp³-hybridized carbons (Fsp3) is 0.417. The standard InChI is InChI=1S/C12H16BrNO3/c1-2-14(7-8-15)12(16)10-5-3-4-6-11(10)17-9-13/h3-6,15H,2,7-9H2,1H3. The van der Waals surface area contributed by atoms with E-state index in [9.17, 15) is 4.79 Å². The fourth-order valence-corrected chi connectivity index (χ4v) is 1.77. The average molecular weight is 302 g/mol. The first kappa shape index (κ1) is 14.0. The van der Waals surface area contributed by atoms with Gasteiger partial charge in [0.15, 0.2) is 0 Å². The van der Waals surface area contributed by atoms with Crippen molar-refractivity contribution in [3.63, 3.8) is 0 Å². The molecule has 0 aliphatic rings. The van der Waals surface area contributed by atoms with E-state index in [0.717, 1.165) is 0 Å². The monoisotopic (exact) mass is 301 g/mol. The highest BCUT2D eigenvalue weighted by molar-refractivity contribution is 9.09. The molecular formula is C12H16BrNO3. The van der Waals surface area contributed by atoms with Gasteiger partial charge in [-0.3, -0.25) is 4.79 Å². The zero-order chi connectivity index (χ0) is 12.7. The van der Waals surface area contributed by atoms with E-state index in [1.54, 1.807) is 23.1 Å². The van der Waals surface area contributed by atoms with Crippen LogP contribution in [-0.2, 0) is 0 Å². The Hall–Kier alpha value is -1.07. The largest absolute Gasteiger partial charge is 0.482 e. The van der Waals surface area contributed by atoms with Crippen molar-refractivity contribution in [2.24, 2.45) is 0 Å². The number of likely N-dealkylation sites (N-methyl/N-ethyl adjacent to an activating group) is 1. The van der Waals surface area contributed by atoms with Gasteiger partial charge in [-0.2, -0.15) is 0 Å². The first-order chi connectivity index (χ1) is 8.24. The zero-order valence-electron chi connectivity index (χ0n) is 9.73. The Morgan fingerprint density at radius 3 is 2.76 bits per heavy atom. The molecule has 0 aromatic heterocycles. The number of ether oxygens (including phenoxy) is 1. The number of aliphatic hydroxyl groups excluding tert-OH is 1. The second-order valence-electron chi connectivity index (χ2n) is 3.36. The van der Waals surface area contributed by atoms with Crippen molar-refractivity contribution in [3.8, 4) is 5.75 Å². The summed E-state index contributed by atoms with van der Waals surface area (Å²) in [4.78, 5) is 13.8. The van der Waals surface area contributed by atoms with E-state index in [0.29, 0.717) is 29.9 Å². The zero-order valence-corrected chi connectivity index (χ0v) is 11.3. The van der Waals surface area contributed by atoms with E-state index in [2.05, 4.69) is 15.9 Å². The fourth-order valence-electron chi connectivity index (χ4n) is 1.52. The minimum atomic E-state index is -0.127. The number of rotatable bonds is 6. The van der Waals surface area contributed by atoms with E-state index < -0.39 is 0 Å². The summed E-state index contributed by atoms with van der Waals surface area (Å²) in [7, 11) is 0. The molecule has 1 aromatic carbocycles.